The maximum atomic E-state index is 12.1. The van der Waals surface area contributed by atoms with Crippen LogP contribution in [0.4, 0.5) is 4.79 Å². The molecule has 4 heteroatoms. The van der Waals surface area contributed by atoms with Crippen LogP contribution in [0.2, 0.25) is 0 Å². The number of carbonyl (C=O) groups is 1. The van der Waals surface area contributed by atoms with Crippen LogP contribution in [0.1, 0.15) is 52.9 Å². The summed E-state index contributed by atoms with van der Waals surface area (Å²) in [5.74, 6) is 0.699. The molecule has 2 N–H and O–H groups in total. The molecule has 1 saturated heterocycles. The Hall–Kier alpha value is -0.770. The van der Waals surface area contributed by atoms with Crippen molar-refractivity contribution in [1.82, 2.24) is 4.90 Å². The molecule has 2 aliphatic rings. The second-order valence-electron chi connectivity index (χ2n) is 7.20. The fraction of sp³-hybridized carbons (Fsp3) is 0.933. The smallest absolute Gasteiger partial charge is 0.410 e. The number of nitrogens with zero attached hydrogens (tertiary/aromatic N) is 1. The molecule has 1 saturated carbocycles. The van der Waals surface area contributed by atoms with Gasteiger partial charge in [0.1, 0.15) is 5.60 Å². The van der Waals surface area contributed by atoms with Gasteiger partial charge in [0, 0.05) is 18.5 Å². The van der Waals surface area contributed by atoms with E-state index in [2.05, 4.69) is 0 Å². The molecule has 2 fully saturated rings. The van der Waals surface area contributed by atoms with E-state index in [1.165, 1.54) is 25.7 Å². The third-order valence-corrected chi connectivity index (χ3v) is 4.66. The van der Waals surface area contributed by atoms with Crippen LogP contribution in [0.5, 0.6) is 0 Å². The van der Waals surface area contributed by atoms with Crippen LogP contribution in [0.25, 0.3) is 0 Å². The van der Waals surface area contributed by atoms with Gasteiger partial charge in [-0.3, -0.25) is 0 Å². The highest BCUT2D eigenvalue weighted by Gasteiger charge is 2.46. The number of ether oxygens (including phenoxy) is 1. The lowest BCUT2D eigenvalue weighted by molar-refractivity contribution is 0.0258. The zero-order valence-electron chi connectivity index (χ0n) is 12.6. The summed E-state index contributed by atoms with van der Waals surface area (Å²) in [5, 5.41) is 0. The van der Waals surface area contributed by atoms with E-state index in [0.717, 1.165) is 19.5 Å². The first-order valence-electron chi connectivity index (χ1n) is 7.54. The molecule has 1 atom stereocenters. The molecule has 1 heterocycles. The third kappa shape index (κ3) is 3.22. The van der Waals surface area contributed by atoms with Gasteiger partial charge in [-0.1, -0.05) is 12.8 Å². The quantitative estimate of drug-likeness (QED) is 0.838. The van der Waals surface area contributed by atoms with Gasteiger partial charge in [0.2, 0.25) is 0 Å². The molecule has 0 aromatic heterocycles. The lowest BCUT2D eigenvalue weighted by atomic mass is 9.73. The van der Waals surface area contributed by atoms with Gasteiger partial charge in [0.05, 0.1) is 0 Å². The first-order chi connectivity index (χ1) is 8.86. The van der Waals surface area contributed by atoms with Crippen LogP contribution < -0.4 is 5.73 Å². The largest absolute Gasteiger partial charge is 0.444 e. The Morgan fingerprint density at radius 1 is 1.37 bits per heavy atom. The molecule has 4 nitrogen and oxygen atoms in total. The second-order valence-corrected chi connectivity index (χ2v) is 7.20. The van der Waals surface area contributed by atoms with Crippen molar-refractivity contribution < 1.29 is 9.53 Å². The Morgan fingerprint density at radius 3 is 2.53 bits per heavy atom. The maximum absolute atomic E-state index is 12.1. The molecule has 1 amide bonds. The lowest BCUT2D eigenvalue weighted by Gasteiger charge is -2.34. The molecule has 1 aliphatic carbocycles. The standard InChI is InChI=1S/C15H28N2O2/c1-14(2,3)19-13(18)17-9-8-15(10-16,11-17)12-6-4-5-7-12/h12H,4-11,16H2,1-3H3. The van der Waals surface area contributed by atoms with Crippen molar-refractivity contribution in [2.45, 2.75) is 58.5 Å². The molecule has 19 heavy (non-hydrogen) atoms. The SMILES string of the molecule is CC(C)(C)OC(=O)N1CCC(CN)(C2CCCC2)C1. The summed E-state index contributed by atoms with van der Waals surface area (Å²) in [7, 11) is 0. The monoisotopic (exact) mass is 268 g/mol. The summed E-state index contributed by atoms with van der Waals surface area (Å²) in [4.78, 5) is 14.0. The van der Waals surface area contributed by atoms with Gasteiger partial charge in [-0.05, 0) is 52.5 Å². The van der Waals surface area contributed by atoms with Crippen LogP contribution >= 0.6 is 0 Å². The van der Waals surface area contributed by atoms with E-state index in [4.69, 9.17) is 10.5 Å². The van der Waals surface area contributed by atoms with Gasteiger partial charge in [-0.15, -0.1) is 0 Å². The molecular weight excluding hydrogens is 240 g/mol. The van der Waals surface area contributed by atoms with Crippen molar-refractivity contribution in [3.8, 4) is 0 Å². The fourth-order valence-corrected chi connectivity index (χ4v) is 3.58. The maximum Gasteiger partial charge on any atom is 0.410 e. The molecule has 0 bridgehead atoms. The number of nitrogens with two attached hydrogens (primary N) is 1. The van der Waals surface area contributed by atoms with Crippen LogP contribution in [0.3, 0.4) is 0 Å². The van der Waals surface area contributed by atoms with Crippen molar-refractivity contribution in [1.29, 1.82) is 0 Å². The van der Waals surface area contributed by atoms with Crippen molar-refractivity contribution in [2.24, 2.45) is 17.1 Å². The summed E-state index contributed by atoms with van der Waals surface area (Å²) in [6, 6.07) is 0. The molecule has 110 valence electrons. The predicted octanol–water partition coefficient (Wildman–Crippen LogP) is 2.76. The Balaban J connectivity index is 1.99. The number of amides is 1. The number of hydrogen-bond donors (Lipinski definition) is 1. The molecule has 0 radical (unpaired) electrons. The zero-order chi connectivity index (χ0) is 14.1. The van der Waals surface area contributed by atoms with Crippen LogP contribution in [-0.4, -0.2) is 36.2 Å². The van der Waals surface area contributed by atoms with Crippen LogP contribution in [0, 0.1) is 11.3 Å². The van der Waals surface area contributed by atoms with E-state index in [0.29, 0.717) is 12.5 Å². The van der Waals surface area contributed by atoms with Gasteiger partial charge in [-0.25, -0.2) is 4.79 Å². The molecule has 2 rings (SSSR count). The normalized spacial score (nSPS) is 28.9. The molecular formula is C15H28N2O2. The Labute approximate surface area is 116 Å². The summed E-state index contributed by atoms with van der Waals surface area (Å²) in [6.45, 7) is 8.00. The van der Waals surface area contributed by atoms with Gasteiger partial charge in [0.15, 0.2) is 0 Å². The van der Waals surface area contributed by atoms with E-state index < -0.39 is 5.60 Å². The molecule has 1 aliphatic heterocycles. The first-order valence-corrected chi connectivity index (χ1v) is 7.54. The highest BCUT2D eigenvalue weighted by Crippen LogP contribution is 2.45. The minimum absolute atomic E-state index is 0.146. The third-order valence-electron chi connectivity index (χ3n) is 4.66. The van der Waals surface area contributed by atoms with Crippen molar-refractivity contribution in [3.63, 3.8) is 0 Å². The first kappa shape index (κ1) is 14.6. The fourth-order valence-electron chi connectivity index (χ4n) is 3.58. The van der Waals surface area contributed by atoms with E-state index in [1.54, 1.807) is 0 Å². The number of carbonyl (C=O) groups excluding carboxylic acids is 1. The molecule has 0 spiro atoms. The van der Waals surface area contributed by atoms with E-state index in [-0.39, 0.29) is 11.5 Å². The molecule has 0 aromatic rings. The second kappa shape index (κ2) is 5.31. The highest BCUT2D eigenvalue weighted by atomic mass is 16.6. The van der Waals surface area contributed by atoms with E-state index in [9.17, 15) is 4.79 Å². The number of hydrogen-bond acceptors (Lipinski definition) is 3. The number of likely N-dealkylation sites (tertiary alicyclic amines) is 1. The Morgan fingerprint density at radius 2 is 2.00 bits per heavy atom. The Kier molecular flexibility index (Phi) is 4.09. The van der Waals surface area contributed by atoms with Crippen molar-refractivity contribution in [3.05, 3.63) is 0 Å². The topological polar surface area (TPSA) is 55.6 Å². The van der Waals surface area contributed by atoms with Gasteiger partial charge >= 0.3 is 6.09 Å². The average Bonchev–Trinajstić information content (AvgIpc) is 2.97. The van der Waals surface area contributed by atoms with Gasteiger partial charge in [0.25, 0.3) is 0 Å². The summed E-state index contributed by atoms with van der Waals surface area (Å²) >= 11 is 0. The van der Waals surface area contributed by atoms with Crippen LogP contribution in [-0.2, 0) is 4.74 Å². The molecule has 0 aromatic carbocycles. The summed E-state index contributed by atoms with van der Waals surface area (Å²) in [5.41, 5.74) is 5.79. The average molecular weight is 268 g/mol. The molecule has 1 unspecified atom stereocenters. The minimum atomic E-state index is -0.418. The van der Waals surface area contributed by atoms with Crippen LogP contribution in [0.15, 0.2) is 0 Å². The van der Waals surface area contributed by atoms with Gasteiger partial charge < -0.3 is 15.4 Å². The van der Waals surface area contributed by atoms with Gasteiger partial charge in [-0.2, -0.15) is 0 Å². The minimum Gasteiger partial charge on any atom is -0.444 e. The lowest BCUT2D eigenvalue weighted by Crippen LogP contribution is -2.42. The van der Waals surface area contributed by atoms with E-state index in [1.807, 2.05) is 25.7 Å². The highest BCUT2D eigenvalue weighted by molar-refractivity contribution is 5.68. The summed E-state index contributed by atoms with van der Waals surface area (Å²) in [6.07, 6.45) is 6.05. The van der Waals surface area contributed by atoms with Crippen molar-refractivity contribution >= 4 is 6.09 Å². The Bertz CT molecular complexity index is 332. The number of rotatable bonds is 2. The summed E-state index contributed by atoms with van der Waals surface area (Å²) < 4.78 is 5.47. The van der Waals surface area contributed by atoms with Crippen molar-refractivity contribution in [2.75, 3.05) is 19.6 Å². The van der Waals surface area contributed by atoms with E-state index >= 15 is 0 Å². The predicted molar refractivity (Wildman–Crippen MR) is 75.9 cm³/mol. The zero-order valence-corrected chi connectivity index (χ0v) is 12.6.